The van der Waals surface area contributed by atoms with Crippen LogP contribution in [0.2, 0.25) is 0 Å². The second-order valence-electron chi connectivity index (χ2n) is 4.22. The second-order valence-corrected chi connectivity index (χ2v) is 5.08. The number of nitrogens with zero attached hydrogens (tertiary/aromatic N) is 2. The quantitative estimate of drug-likeness (QED) is 0.934. The van der Waals surface area contributed by atoms with Crippen LogP contribution in [0.1, 0.15) is 30.6 Å². The van der Waals surface area contributed by atoms with Gasteiger partial charge in [-0.25, -0.2) is 8.78 Å². The number of nitrogens with two attached hydrogens (primary N) is 1. The van der Waals surface area contributed by atoms with Crippen LogP contribution < -0.4 is 5.73 Å². The molecule has 0 radical (unpaired) electrons. The first-order valence-corrected chi connectivity index (χ1v) is 6.76. The third kappa shape index (κ3) is 2.69. The van der Waals surface area contributed by atoms with E-state index in [2.05, 4.69) is 21.0 Å². The molecule has 2 N–H and O–H groups in total. The lowest BCUT2D eigenvalue weighted by molar-refractivity contribution is 0.487. The first-order chi connectivity index (χ1) is 9.06. The van der Waals surface area contributed by atoms with Crippen LogP contribution in [0.25, 0.3) is 0 Å². The standard InChI is InChI=1S/C13H14BrF2N3/c1-2-6-19-13(9(14)7-18-19)12(17)8-4-3-5-10(15)11(8)16/h3-5,7,12H,2,6,17H2,1H3. The summed E-state index contributed by atoms with van der Waals surface area (Å²) in [6, 6.07) is 3.24. The molecule has 0 spiro atoms. The van der Waals surface area contributed by atoms with Crippen molar-refractivity contribution in [1.29, 1.82) is 0 Å². The number of aromatic nitrogens is 2. The van der Waals surface area contributed by atoms with Gasteiger partial charge in [-0.15, -0.1) is 0 Å². The molecule has 19 heavy (non-hydrogen) atoms. The van der Waals surface area contributed by atoms with Crippen molar-refractivity contribution in [2.24, 2.45) is 5.73 Å². The Bertz CT molecular complexity index is 583. The number of hydrogen-bond donors (Lipinski definition) is 1. The second kappa shape index (κ2) is 5.79. The molecule has 0 aliphatic heterocycles. The van der Waals surface area contributed by atoms with Gasteiger partial charge >= 0.3 is 0 Å². The molecule has 2 rings (SSSR count). The highest BCUT2D eigenvalue weighted by atomic mass is 79.9. The third-order valence-electron chi connectivity index (χ3n) is 2.88. The summed E-state index contributed by atoms with van der Waals surface area (Å²) in [5, 5.41) is 4.18. The summed E-state index contributed by atoms with van der Waals surface area (Å²) in [6.45, 7) is 2.68. The molecule has 102 valence electrons. The Morgan fingerprint density at radius 2 is 2.16 bits per heavy atom. The van der Waals surface area contributed by atoms with Gasteiger partial charge in [0, 0.05) is 12.1 Å². The highest BCUT2D eigenvalue weighted by Crippen LogP contribution is 2.29. The van der Waals surface area contributed by atoms with E-state index in [0.29, 0.717) is 16.7 Å². The zero-order chi connectivity index (χ0) is 14.0. The van der Waals surface area contributed by atoms with Crippen molar-refractivity contribution in [3.8, 4) is 0 Å². The average molecular weight is 330 g/mol. The lowest BCUT2D eigenvalue weighted by Gasteiger charge is -2.16. The first kappa shape index (κ1) is 14.1. The van der Waals surface area contributed by atoms with Gasteiger partial charge in [0.05, 0.1) is 22.4 Å². The van der Waals surface area contributed by atoms with Crippen LogP contribution in [-0.2, 0) is 6.54 Å². The molecule has 2 aromatic rings. The predicted octanol–water partition coefficient (Wildman–Crippen LogP) is 3.38. The minimum atomic E-state index is -0.911. The van der Waals surface area contributed by atoms with E-state index in [0.717, 1.165) is 12.5 Å². The average Bonchev–Trinajstić information content (AvgIpc) is 2.74. The fourth-order valence-electron chi connectivity index (χ4n) is 1.98. The molecular formula is C13H14BrF2N3. The van der Waals surface area contributed by atoms with Crippen LogP contribution in [0, 0.1) is 11.6 Å². The van der Waals surface area contributed by atoms with Gasteiger partial charge in [0.2, 0.25) is 0 Å². The lowest BCUT2D eigenvalue weighted by atomic mass is 10.0. The third-order valence-corrected chi connectivity index (χ3v) is 3.49. The lowest BCUT2D eigenvalue weighted by Crippen LogP contribution is -2.19. The smallest absolute Gasteiger partial charge is 0.163 e. The van der Waals surface area contributed by atoms with Gasteiger partial charge in [-0.1, -0.05) is 19.1 Å². The van der Waals surface area contributed by atoms with E-state index in [1.165, 1.54) is 12.1 Å². The Labute approximate surface area is 118 Å². The molecule has 6 heteroatoms. The van der Waals surface area contributed by atoms with E-state index in [1.807, 2.05) is 6.92 Å². The Morgan fingerprint density at radius 3 is 2.84 bits per heavy atom. The largest absolute Gasteiger partial charge is 0.319 e. The maximum absolute atomic E-state index is 13.8. The maximum Gasteiger partial charge on any atom is 0.163 e. The highest BCUT2D eigenvalue weighted by Gasteiger charge is 2.22. The Morgan fingerprint density at radius 1 is 1.42 bits per heavy atom. The number of hydrogen-bond acceptors (Lipinski definition) is 2. The van der Waals surface area contributed by atoms with Gasteiger partial charge in [0.1, 0.15) is 0 Å². The summed E-state index contributed by atoms with van der Waals surface area (Å²) in [4.78, 5) is 0. The summed E-state index contributed by atoms with van der Waals surface area (Å²) in [5.74, 6) is -1.81. The van der Waals surface area contributed by atoms with Gasteiger partial charge in [-0.3, -0.25) is 4.68 Å². The van der Waals surface area contributed by atoms with Crippen molar-refractivity contribution in [3.63, 3.8) is 0 Å². The molecule has 0 amide bonds. The van der Waals surface area contributed by atoms with Gasteiger partial charge in [0.15, 0.2) is 11.6 Å². The number of halogens is 3. The number of aryl methyl sites for hydroxylation is 1. The molecule has 1 unspecified atom stereocenters. The minimum absolute atomic E-state index is 0.124. The molecule has 0 bridgehead atoms. The van der Waals surface area contributed by atoms with Crippen LogP contribution in [0.5, 0.6) is 0 Å². The van der Waals surface area contributed by atoms with Gasteiger partial charge in [0.25, 0.3) is 0 Å². The van der Waals surface area contributed by atoms with Crippen LogP contribution >= 0.6 is 15.9 Å². The highest BCUT2D eigenvalue weighted by molar-refractivity contribution is 9.10. The maximum atomic E-state index is 13.8. The first-order valence-electron chi connectivity index (χ1n) is 5.97. The Balaban J connectivity index is 2.46. The van der Waals surface area contributed by atoms with E-state index in [4.69, 9.17) is 5.73 Å². The van der Waals surface area contributed by atoms with E-state index in [9.17, 15) is 8.78 Å². The molecule has 0 saturated carbocycles. The van der Waals surface area contributed by atoms with E-state index >= 15 is 0 Å². The molecule has 0 aliphatic carbocycles. The van der Waals surface area contributed by atoms with Crippen molar-refractivity contribution < 1.29 is 8.78 Å². The molecule has 0 fully saturated rings. The molecule has 3 nitrogen and oxygen atoms in total. The van der Waals surface area contributed by atoms with Crippen molar-refractivity contribution in [2.75, 3.05) is 0 Å². The van der Waals surface area contributed by atoms with Crippen LogP contribution in [0.4, 0.5) is 8.78 Å². The monoisotopic (exact) mass is 329 g/mol. The van der Waals surface area contributed by atoms with Crippen LogP contribution in [-0.4, -0.2) is 9.78 Å². The summed E-state index contributed by atoms with van der Waals surface area (Å²) in [5.41, 5.74) is 6.83. The molecule has 1 atom stereocenters. The Hall–Kier alpha value is -1.27. The van der Waals surface area contributed by atoms with Crippen molar-refractivity contribution in [3.05, 3.63) is 51.8 Å². The van der Waals surface area contributed by atoms with Crippen molar-refractivity contribution >= 4 is 15.9 Å². The molecule has 1 aromatic carbocycles. The predicted molar refractivity (Wildman–Crippen MR) is 72.6 cm³/mol. The normalized spacial score (nSPS) is 12.7. The minimum Gasteiger partial charge on any atom is -0.319 e. The van der Waals surface area contributed by atoms with Crippen molar-refractivity contribution in [1.82, 2.24) is 9.78 Å². The SMILES string of the molecule is CCCn1ncc(Br)c1C(N)c1cccc(F)c1F. The van der Waals surface area contributed by atoms with Gasteiger partial charge < -0.3 is 5.73 Å². The molecule has 0 aliphatic rings. The van der Waals surface area contributed by atoms with E-state index in [-0.39, 0.29) is 5.56 Å². The molecule has 1 heterocycles. The van der Waals surface area contributed by atoms with Crippen molar-refractivity contribution in [2.45, 2.75) is 25.9 Å². The summed E-state index contributed by atoms with van der Waals surface area (Å²) in [7, 11) is 0. The van der Waals surface area contributed by atoms with E-state index < -0.39 is 17.7 Å². The van der Waals surface area contributed by atoms with Gasteiger partial charge in [-0.2, -0.15) is 5.10 Å². The van der Waals surface area contributed by atoms with E-state index in [1.54, 1.807) is 10.9 Å². The molecular weight excluding hydrogens is 316 g/mol. The topological polar surface area (TPSA) is 43.8 Å². The summed E-state index contributed by atoms with van der Waals surface area (Å²) >= 11 is 3.35. The summed E-state index contributed by atoms with van der Waals surface area (Å²) < 4.78 is 29.5. The van der Waals surface area contributed by atoms with Gasteiger partial charge in [-0.05, 0) is 28.4 Å². The van der Waals surface area contributed by atoms with Crippen LogP contribution in [0.15, 0.2) is 28.9 Å². The number of rotatable bonds is 4. The number of benzene rings is 1. The molecule has 0 saturated heterocycles. The summed E-state index contributed by atoms with van der Waals surface area (Å²) in [6.07, 6.45) is 2.49. The fraction of sp³-hybridized carbons (Fsp3) is 0.308. The molecule has 1 aromatic heterocycles. The zero-order valence-corrected chi connectivity index (χ0v) is 12.0. The Kier molecular flexibility index (Phi) is 4.31. The zero-order valence-electron chi connectivity index (χ0n) is 10.4. The fourth-order valence-corrected chi connectivity index (χ4v) is 2.52. The van der Waals surface area contributed by atoms with Crippen LogP contribution in [0.3, 0.4) is 0 Å².